The van der Waals surface area contributed by atoms with Gasteiger partial charge in [-0.25, -0.2) is 8.78 Å². The van der Waals surface area contributed by atoms with E-state index in [1.807, 2.05) is 19.2 Å². The van der Waals surface area contributed by atoms with Crippen LogP contribution in [0.4, 0.5) is 14.5 Å². The van der Waals surface area contributed by atoms with E-state index in [2.05, 4.69) is 5.32 Å². The average Bonchev–Trinajstić information content (AvgIpc) is 2.41. The van der Waals surface area contributed by atoms with Crippen molar-refractivity contribution in [1.82, 2.24) is 5.32 Å². The maximum Gasteiger partial charge on any atom is 0.313 e. The quantitative estimate of drug-likeness (QED) is 0.622. The molecule has 0 saturated heterocycles. The van der Waals surface area contributed by atoms with Crippen LogP contribution in [0.25, 0.3) is 0 Å². The summed E-state index contributed by atoms with van der Waals surface area (Å²) in [6.45, 7) is 4.45. The maximum absolute atomic E-state index is 13.3. The van der Waals surface area contributed by atoms with Gasteiger partial charge in [0.05, 0.1) is 6.10 Å². The molecule has 2 N–H and O–H groups in total. The second-order valence-corrected chi connectivity index (χ2v) is 4.58. The first-order valence-electron chi connectivity index (χ1n) is 6.56. The Hall–Kier alpha value is -2.02. The molecular formula is C14H18F2N2O3. The van der Waals surface area contributed by atoms with Gasteiger partial charge in [-0.1, -0.05) is 6.07 Å². The van der Waals surface area contributed by atoms with Gasteiger partial charge in [0.1, 0.15) is 17.3 Å². The van der Waals surface area contributed by atoms with Crippen molar-refractivity contribution in [2.24, 2.45) is 0 Å². The van der Waals surface area contributed by atoms with Crippen molar-refractivity contribution in [2.45, 2.75) is 26.4 Å². The molecule has 1 aromatic rings. The van der Waals surface area contributed by atoms with Gasteiger partial charge in [-0.05, 0) is 32.4 Å². The molecule has 0 aliphatic carbocycles. The first-order chi connectivity index (χ1) is 9.91. The average molecular weight is 300 g/mol. The number of anilines is 1. The normalized spacial score (nSPS) is 10.5. The zero-order valence-electron chi connectivity index (χ0n) is 11.9. The number of carbonyl (C=O) groups excluding carboxylic acids is 2. The van der Waals surface area contributed by atoms with Crippen molar-refractivity contribution >= 4 is 17.5 Å². The van der Waals surface area contributed by atoms with Gasteiger partial charge in [0.2, 0.25) is 0 Å². The molecule has 1 aromatic carbocycles. The predicted molar refractivity (Wildman–Crippen MR) is 73.7 cm³/mol. The lowest BCUT2D eigenvalue weighted by Crippen LogP contribution is -2.36. The number of hydrogen-bond acceptors (Lipinski definition) is 3. The van der Waals surface area contributed by atoms with E-state index in [9.17, 15) is 18.4 Å². The van der Waals surface area contributed by atoms with E-state index in [-0.39, 0.29) is 12.6 Å². The number of para-hydroxylation sites is 1. The Bertz CT molecular complexity index is 487. The van der Waals surface area contributed by atoms with Gasteiger partial charge in [-0.2, -0.15) is 0 Å². The standard InChI is InChI=1S/C14H18F2N2O3/c1-9(2)21-8-4-7-17-13(19)14(20)18-12-10(15)5-3-6-11(12)16/h3,5-6,9H,4,7-8H2,1-2H3,(H,17,19)(H,18,20). The fraction of sp³-hybridized carbons (Fsp3) is 0.429. The lowest BCUT2D eigenvalue weighted by atomic mass is 10.3. The number of rotatable bonds is 6. The van der Waals surface area contributed by atoms with E-state index in [1.165, 1.54) is 0 Å². The molecule has 0 spiro atoms. The minimum atomic E-state index is -1.12. The van der Waals surface area contributed by atoms with Crippen LogP contribution in [0.2, 0.25) is 0 Å². The molecule has 7 heteroatoms. The summed E-state index contributed by atoms with van der Waals surface area (Å²) >= 11 is 0. The monoisotopic (exact) mass is 300 g/mol. The summed E-state index contributed by atoms with van der Waals surface area (Å²) in [5.41, 5.74) is -0.638. The molecular weight excluding hydrogens is 282 g/mol. The summed E-state index contributed by atoms with van der Waals surface area (Å²) in [7, 11) is 0. The fourth-order valence-corrected chi connectivity index (χ4v) is 1.46. The number of carbonyl (C=O) groups is 2. The van der Waals surface area contributed by atoms with Gasteiger partial charge < -0.3 is 15.4 Å². The number of halogens is 2. The molecule has 0 atom stereocenters. The molecule has 0 bridgehead atoms. The highest BCUT2D eigenvalue weighted by atomic mass is 19.1. The second-order valence-electron chi connectivity index (χ2n) is 4.58. The molecule has 0 aliphatic heterocycles. The van der Waals surface area contributed by atoms with Crippen LogP contribution in [0.5, 0.6) is 0 Å². The number of nitrogens with one attached hydrogen (secondary N) is 2. The van der Waals surface area contributed by atoms with E-state index >= 15 is 0 Å². The van der Waals surface area contributed by atoms with Crippen molar-refractivity contribution in [3.8, 4) is 0 Å². The molecule has 21 heavy (non-hydrogen) atoms. The molecule has 0 fully saturated rings. The van der Waals surface area contributed by atoms with E-state index < -0.39 is 29.1 Å². The van der Waals surface area contributed by atoms with Gasteiger partial charge in [-0.3, -0.25) is 9.59 Å². The van der Waals surface area contributed by atoms with E-state index in [0.29, 0.717) is 13.0 Å². The molecule has 2 amide bonds. The Morgan fingerprint density at radius 3 is 2.38 bits per heavy atom. The molecule has 0 heterocycles. The van der Waals surface area contributed by atoms with Crippen LogP contribution in [0.1, 0.15) is 20.3 Å². The largest absolute Gasteiger partial charge is 0.379 e. The number of hydrogen-bond donors (Lipinski definition) is 2. The van der Waals surface area contributed by atoms with Gasteiger partial charge in [-0.15, -0.1) is 0 Å². The summed E-state index contributed by atoms with van der Waals surface area (Å²) in [6, 6.07) is 3.13. The molecule has 116 valence electrons. The third kappa shape index (κ3) is 5.86. The zero-order valence-corrected chi connectivity index (χ0v) is 11.9. The highest BCUT2D eigenvalue weighted by molar-refractivity contribution is 6.39. The van der Waals surface area contributed by atoms with Crippen LogP contribution in [0, 0.1) is 11.6 Å². The predicted octanol–water partition coefficient (Wildman–Crippen LogP) is 1.83. The van der Waals surface area contributed by atoms with E-state index in [1.54, 1.807) is 0 Å². The van der Waals surface area contributed by atoms with E-state index in [0.717, 1.165) is 18.2 Å². The zero-order chi connectivity index (χ0) is 15.8. The summed E-state index contributed by atoms with van der Waals surface area (Å²) in [4.78, 5) is 23.0. The summed E-state index contributed by atoms with van der Waals surface area (Å²) in [6.07, 6.45) is 0.624. The van der Waals surface area contributed by atoms with Crippen LogP contribution in [-0.4, -0.2) is 31.1 Å². The van der Waals surface area contributed by atoms with Crippen molar-refractivity contribution in [3.63, 3.8) is 0 Å². The Labute approximate surface area is 121 Å². The second kappa shape index (κ2) is 8.31. The van der Waals surface area contributed by atoms with Crippen LogP contribution in [0.3, 0.4) is 0 Å². The molecule has 0 aliphatic rings. The Kier molecular flexibility index (Phi) is 6.74. The third-order valence-corrected chi connectivity index (χ3v) is 2.47. The first kappa shape index (κ1) is 17.0. The Balaban J connectivity index is 2.40. The van der Waals surface area contributed by atoms with Crippen molar-refractivity contribution in [2.75, 3.05) is 18.5 Å². The summed E-state index contributed by atoms with van der Waals surface area (Å²) in [5, 5.41) is 4.24. The molecule has 0 saturated carbocycles. The van der Waals surface area contributed by atoms with E-state index in [4.69, 9.17) is 4.74 Å². The number of benzene rings is 1. The molecule has 0 unspecified atom stereocenters. The van der Waals surface area contributed by atoms with Gasteiger partial charge >= 0.3 is 11.8 Å². The van der Waals surface area contributed by atoms with Gasteiger partial charge in [0.15, 0.2) is 0 Å². The highest BCUT2D eigenvalue weighted by Gasteiger charge is 2.17. The van der Waals surface area contributed by atoms with Crippen molar-refractivity contribution < 1.29 is 23.1 Å². The minimum absolute atomic E-state index is 0.0908. The van der Waals surface area contributed by atoms with Crippen molar-refractivity contribution in [1.29, 1.82) is 0 Å². The first-order valence-corrected chi connectivity index (χ1v) is 6.56. The third-order valence-electron chi connectivity index (χ3n) is 2.47. The molecule has 1 rings (SSSR count). The SMILES string of the molecule is CC(C)OCCCNC(=O)C(=O)Nc1c(F)cccc1F. The Morgan fingerprint density at radius 1 is 1.19 bits per heavy atom. The van der Waals surface area contributed by atoms with Gasteiger partial charge in [0.25, 0.3) is 0 Å². The molecule has 5 nitrogen and oxygen atoms in total. The lowest BCUT2D eigenvalue weighted by molar-refractivity contribution is -0.136. The summed E-state index contributed by atoms with van der Waals surface area (Å²) in [5.74, 6) is -3.96. The van der Waals surface area contributed by atoms with Crippen molar-refractivity contribution in [3.05, 3.63) is 29.8 Å². The van der Waals surface area contributed by atoms with Crippen LogP contribution in [0.15, 0.2) is 18.2 Å². The Morgan fingerprint density at radius 2 is 1.81 bits per heavy atom. The summed E-state index contributed by atoms with van der Waals surface area (Å²) < 4.78 is 31.9. The number of amides is 2. The maximum atomic E-state index is 13.3. The molecule has 0 aromatic heterocycles. The van der Waals surface area contributed by atoms with Gasteiger partial charge in [0, 0.05) is 13.2 Å². The topological polar surface area (TPSA) is 67.4 Å². The lowest BCUT2D eigenvalue weighted by Gasteiger charge is -2.09. The fourth-order valence-electron chi connectivity index (χ4n) is 1.46. The van der Waals surface area contributed by atoms with Crippen LogP contribution < -0.4 is 10.6 Å². The van der Waals surface area contributed by atoms with Crippen LogP contribution in [-0.2, 0) is 14.3 Å². The highest BCUT2D eigenvalue weighted by Crippen LogP contribution is 2.17. The molecule has 0 radical (unpaired) electrons. The number of ether oxygens (including phenoxy) is 1. The van der Waals surface area contributed by atoms with Crippen LogP contribution >= 0.6 is 0 Å². The smallest absolute Gasteiger partial charge is 0.313 e. The minimum Gasteiger partial charge on any atom is -0.379 e.